The Morgan fingerprint density at radius 2 is 1.79 bits per heavy atom. The van der Waals surface area contributed by atoms with E-state index >= 15 is 0 Å². The Hall–Kier alpha value is -0.800. The van der Waals surface area contributed by atoms with Gasteiger partial charge in [0.1, 0.15) is 11.5 Å². The van der Waals surface area contributed by atoms with Crippen LogP contribution in [0.5, 0.6) is 0 Å². The van der Waals surface area contributed by atoms with Gasteiger partial charge in [0.2, 0.25) is 0 Å². The van der Waals surface area contributed by atoms with E-state index in [-0.39, 0.29) is 0 Å². The molecule has 0 aliphatic carbocycles. The van der Waals surface area contributed by atoms with E-state index in [1.54, 1.807) is 0 Å². The molecule has 0 bridgehead atoms. The van der Waals surface area contributed by atoms with E-state index in [2.05, 4.69) is 31.0 Å². The molecule has 1 aliphatic rings. The molecular weight excluding hydrogens is 236 g/mol. The average Bonchev–Trinajstić information content (AvgIpc) is 2.62. The molecule has 0 saturated carbocycles. The summed E-state index contributed by atoms with van der Waals surface area (Å²) >= 11 is 0. The van der Waals surface area contributed by atoms with Gasteiger partial charge in [-0.3, -0.25) is 0 Å². The summed E-state index contributed by atoms with van der Waals surface area (Å²) in [6.45, 7) is 13.2. The first-order chi connectivity index (χ1) is 9.08. The summed E-state index contributed by atoms with van der Waals surface area (Å²) < 4.78 is 5.68. The molecule has 1 fully saturated rings. The minimum Gasteiger partial charge on any atom is -0.466 e. The number of hydrogen-bond acceptors (Lipinski definition) is 3. The summed E-state index contributed by atoms with van der Waals surface area (Å²) in [5.41, 5.74) is 2.64. The molecule has 1 aliphatic heterocycles. The van der Waals surface area contributed by atoms with Crippen molar-refractivity contribution in [2.45, 2.75) is 59.5 Å². The van der Waals surface area contributed by atoms with Gasteiger partial charge in [-0.05, 0) is 59.2 Å². The first kappa shape index (κ1) is 14.6. The van der Waals surface area contributed by atoms with Crippen molar-refractivity contribution in [1.82, 2.24) is 10.2 Å². The molecule has 1 atom stereocenters. The van der Waals surface area contributed by atoms with Crippen LogP contribution in [0.4, 0.5) is 0 Å². The molecule has 1 saturated heterocycles. The van der Waals surface area contributed by atoms with Gasteiger partial charge in [0.25, 0.3) is 0 Å². The summed E-state index contributed by atoms with van der Waals surface area (Å²) in [7, 11) is 0. The second-order valence-corrected chi connectivity index (χ2v) is 5.96. The highest BCUT2D eigenvalue weighted by Gasteiger charge is 2.15. The number of furan rings is 1. The maximum absolute atomic E-state index is 5.68. The topological polar surface area (TPSA) is 28.4 Å². The highest BCUT2D eigenvalue weighted by molar-refractivity contribution is 5.31. The SMILES string of the molecule is Cc1oc(C)c(CNC(C)CN2CCCCC2)c1C. The van der Waals surface area contributed by atoms with Crippen molar-refractivity contribution < 1.29 is 4.42 Å². The van der Waals surface area contributed by atoms with Crippen molar-refractivity contribution >= 4 is 0 Å². The molecule has 0 radical (unpaired) electrons. The molecule has 2 rings (SSSR count). The average molecular weight is 264 g/mol. The van der Waals surface area contributed by atoms with Crippen molar-refractivity contribution in [3.8, 4) is 0 Å². The van der Waals surface area contributed by atoms with Crippen molar-refractivity contribution in [2.75, 3.05) is 19.6 Å². The third-order valence-electron chi connectivity index (χ3n) is 4.32. The standard InChI is InChI=1S/C16H28N2O/c1-12(11-18-8-6-5-7-9-18)17-10-16-13(2)14(3)19-15(16)4/h12,17H,5-11H2,1-4H3. The molecule has 1 unspecified atom stereocenters. The lowest BCUT2D eigenvalue weighted by Gasteiger charge is -2.29. The Morgan fingerprint density at radius 1 is 1.11 bits per heavy atom. The number of piperidine rings is 1. The fraction of sp³-hybridized carbons (Fsp3) is 0.750. The van der Waals surface area contributed by atoms with Crippen LogP contribution < -0.4 is 5.32 Å². The van der Waals surface area contributed by atoms with Crippen LogP contribution in [0.1, 0.15) is 48.8 Å². The molecule has 1 aromatic heterocycles. The number of rotatable bonds is 5. The van der Waals surface area contributed by atoms with Crippen LogP contribution in [0.15, 0.2) is 4.42 Å². The third-order valence-corrected chi connectivity index (χ3v) is 4.32. The first-order valence-corrected chi connectivity index (χ1v) is 7.59. The predicted octanol–water partition coefficient (Wildman–Crippen LogP) is 3.17. The molecule has 2 heterocycles. The van der Waals surface area contributed by atoms with E-state index in [0.29, 0.717) is 6.04 Å². The molecule has 0 amide bonds. The minimum absolute atomic E-state index is 0.534. The van der Waals surface area contributed by atoms with Gasteiger partial charge >= 0.3 is 0 Å². The zero-order valence-corrected chi connectivity index (χ0v) is 12.9. The molecule has 1 N–H and O–H groups in total. The highest BCUT2D eigenvalue weighted by atomic mass is 16.3. The van der Waals surface area contributed by atoms with Crippen molar-refractivity contribution in [3.63, 3.8) is 0 Å². The lowest BCUT2D eigenvalue weighted by atomic mass is 10.1. The maximum Gasteiger partial charge on any atom is 0.105 e. The summed E-state index contributed by atoms with van der Waals surface area (Å²) in [5, 5.41) is 3.64. The van der Waals surface area contributed by atoms with Crippen LogP contribution in [-0.2, 0) is 6.54 Å². The summed E-state index contributed by atoms with van der Waals surface area (Å²) in [5.74, 6) is 2.12. The molecule has 3 nitrogen and oxygen atoms in total. The van der Waals surface area contributed by atoms with Gasteiger partial charge in [0, 0.05) is 24.7 Å². The number of aryl methyl sites for hydroxylation is 2. The van der Waals surface area contributed by atoms with Gasteiger partial charge in [0.15, 0.2) is 0 Å². The van der Waals surface area contributed by atoms with Gasteiger partial charge < -0.3 is 14.6 Å². The van der Waals surface area contributed by atoms with Crippen LogP contribution in [0, 0.1) is 20.8 Å². The van der Waals surface area contributed by atoms with Gasteiger partial charge in [-0.15, -0.1) is 0 Å². The summed E-state index contributed by atoms with van der Waals surface area (Å²) in [6.07, 6.45) is 4.14. The first-order valence-electron chi connectivity index (χ1n) is 7.59. The Labute approximate surface area is 117 Å². The quantitative estimate of drug-likeness (QED) is 0.885. The van der Waals surface area contributed by atoms with E-state index in [1.807, 2.05) is 6.92 Å². The van der Waals surface area contributed by atoms with Gasteiger partial charge in [0.05, 0.1) is 0 Å². The van der Waals surface area contributed by atoms with Crippen LogP contribution >= 0.6 is 0 Å². The summed E-state index contributed by atoms with van der Waals surface area (Å²) in [4.78, 5) is 2.58. The number of nitrogens with zero attached hydrogens (tertiary/aromatic N) is 1. The smallest absolute Gasteiger partial charge is 0.105 e. The van der Waals surface area contributed by atoms with E-state index in [4.69, 9.17) is 4.42 Å². The van der Waals surface area contributed by atoms with Crippen molar-refractivity contribution in [3.05, 3.63) is 22.6 Å². The minimum atomic E-state index is 0.534. The zero-order chi connectivity index (χ0) is 13.8. The molecule has 1 aromatic rings. The van der Waals surface area contributed by atoms with Gasteiger partial charge in [-0.2, -0.15) is 0 Å². The molecule has 19 heavy (non-hydrogen) atoms. The monoisotopic (exact) mass is 264 g/mol. The van der Waals surface area contributed by atoms with Crippen molar-refractivity contribution in [1.29, 1.82) is 0 Å². The number of hydrogen-bond donors (Lipinski definition) is 1. The van der Waals surface area contributed by atoms with E-state index in [1.165, 1.54) is 43.5 Å². The van der Waals surface area contributed by atoms with E-state index in [9.17, 15) is 0 Å². The third kappa shape index (κ3) is 3.83. The fourth-order valence-corrected chi connectivity index (χ4v) is 2.97. The number of likely N-dealkylation sites (tertiary alicyclic amines) is 1. The van der Waals surface area contributed by atoms with Gasteiger partial charge in [-0.25, -0.2) is 0 Å². The highest BCUT2D eigenvalue weighted by Crippen LogP contribution is 2.20. The van der Waals surface area contributed by atoms with Crippen molar-refractivity contribution in [2.24, 2.45) is 0 Å². The lowest BCUT2D eigenvalue weighted by Crippen LogP contribution is -2.41. The van der Waals surface area contributed by atoms with Crippen LogP contribution in [-0.4, -0.2) is 30.6 Å². The Kier molecular flexibility index (Phi) is 5.06. The molecule has 0 aromatic carbocycles. The van der Waals surface area contributed by atoms with Crippen LogP contribution in [0.3, 0.4) is 0 Å². The second-order valence-electron chi connectivity index (χ2n) is 5.96. The van der Waals surface area contributed by atoms with Gasteiger partial charge in [-0.1, -0.05) is 6.42 Å². The molecule has 0 spiro atoms. The molecular formula is C16H28N2O. The van der Waals surface area contributed by atoms with Crippen LogP contribution in [0.2, 0.25) is 0 Å². The lowest BCUT2D eigenvalue weighted by molar-refractivity contribution is 0.209. The number of nitrogens with one attached hydrogen (secondary N) is 1. The largest absolute Gasteiger partial charge is 0.466 e. The summed E-state index contributed by atoms with van der Waals surface area (Å²) in [6, 6.07) is 0.534. The normalized spacial score (nSPS) is 18.7. The van der Waals surface area contributed by atoms with E-state index in [0.717, 1.165) is 24.6 Å². The molecule has 3 heteroatoms. The fourth-order valence-electron chi connectivity index (χ4n) is 2.97. The predicted molar refractivity (Wildman–Crippen MR) is 79.5 cm³/mol. The zero-order valence-electron chi connectivity index (χ0n) is 12.9. The van der Waals surface area contributed by atoms with E-state index < -0.39 is 0 Å². The Morgan fingerprint density at radius 3 is 2.37 bits per heavy atom. The maximum atomic E-state index is 5.68. The second kappa shape index (κ2) is 6.58. The van der Waals surface area contributed by atoms with Crippen LogP contribution in [0.25, 0.3) is 0 Å². The molecule has 108 valence electrons. The Bertz CT molecular complexity index is 405. The Balaban J connectivity index is 1.80.